The van der Waals surface area contributed by atoms with Crippen LogP contribution in [0.5, 0.6) is 23.0 Å². The quantitative estimate of drug-likeness (QED) is 0.357. The van der Waals surface area contributed by atoms with Gasteiger partial charge < -0.3 is 9.47 Å². The van der Waals surface area contributed by atoms with Crippen LogP contribution >= 0.6 is 11.6 Å². The van der Waals surface area contributed by atoms with Gasteiger partial charge in [-0.15, -0.1) is 0 Å². The Hall–Kier alpha value is -3.37. The second-order valence-corrected chi connectivity index (χ2v) is 6.67. The molecule has 0 aliphatic heterocycles. The number of carbonyl (C=O) groups is 1. The van der Waals surface area contributed by atoms with E-state index in [2.05, 4.69) is 4.98 Å². The fourth-order valence-corrected chi connectivity index (χ4v) is 3.01. The molecule has 4 aromatic rings. The molecule has 1 heterocycles. The minimum absolute atomic E-state index is 0.0445. The van der Waals surface area contributed by atoms with Crippen LogP contribution in [0.2, 0.25) is 5.02 Å². The SMILES string of the molecule is CC(=O)c1ccc2cc(Oc3ccc(Oc4ccncc4)cc3Cl)ccc2c1. The van der Waals surface area contributed by atoms with Gasteiger partial charge in [0.2, 0.25) is 0 Å². The number of hydrogen-bond acceptors (Lipinski definition) is 4. The van der Waals surface area contributed by atoms with Crippen molar-refractivity contribution in [3.8, 4) is 23.0 Å². The molecule has 0 fully saturated rings. The fourth-order valence-electron chi connectivity index (χ4n) is 2.80. The van der Waals surface area contributed by atoms with Crippen molar-refractivity contribution in [3.05, 3.63) is 89.7 Å². The standard InChI is InChI=1S/C23H16ClNO3/c1-15(26)16-2-3-18-13-20(5-4-17(18)12-16)28-23-7-6-21(14-22(23)24)27-19-8-10-25-11-9-19/h2-14H,1H3. The summed E-state index contributed by atoms with van der Waals surface area (Å²) in [4.78, 5) is 15.5. The normalized spacial score (nSPS) is 10.6. The van der Waals surface area contributed by atoms with Crippen LogP contribution in [0, 0.1) is 0 Å². The molecular weight excluding hydrogens is 374 g/mol. The molecule has 0 saturated heterocycles. The number of pyridine rings is 1. The lowest BCUT2D eigenvalue weighted by Gasteiger charge is -2.11. The van der Waals surface area contributed by atoms with Crippen LogP contribution in [0.4, 0.5) is 0 Å². The van der Waals surface area contributed by atoms with Gasteiger partial charge in [-0.25, -0.2) is 0 Å². The summed E-state index contributed by atoms with van der Waals surface area (Å²) in [6.45, 7) is 1.56. The molecule has 0 radical (unpaired) electrons. The fraction of sp³-hybridized carbons (Fsp3) is 0.0435. The third kappa shape index (κ3) is 3.97. The van der Waals surface area contributed by atoms with Gasteiger partial charge in [-0.1, -0.05) is 29.8 Å². The topological polar surface area (TPSA) is 48.4 Å². The van der Waals surface area contributed by atoms with Crippen LogP contribution in [0.1, 0.15) is 17.3 Å². The largest absolute Gasteiger partial charge is 0.457 e. The Labute approximate surface area is 167 Å². The van der Waals surface area contributed by atoms with E-state index < -0.39 is 0 Å². The van der Waals surface area contributed by atoms with Gasteiger partial charge in [0.1, 0.15) is 23.0 Å². The molecule has 3 aromatic carbocycles. The predicted molar refractivity (Wildman–Crippen MR) is 110 cm³/mol. The first-order valence-electron chi connectivity index (χ1n) is 8.68. The summed E-state index contributed by atoms with van der Waals surface area (Å²) in [7, 11) is 0. The maximum atomic E-state index is 11.5. The van der Waals surface area contributed by atoms with E-state index in [9.17, 15) is 4.79 Å². The lowest BCUT2D eigenvalue weighted by atomic mass is 10.0. The maximum Gasteiger partial charge on any atom is 0.159 e. The second kappa shape index (κ2) is 7.71. The van der Waals surface area contributed by atoms with E-state index in [4.69, 9.17) is 21.1 Å². The van der Waals surface area contributed by atoms with Crippen molar-refractivity contribution in [2.45, 2.75) is 6.92 Å². The third-order valence-electron chi connectivity index (χ3n) is 4.23. The van der Waals surface area contributed by atoms with Crippen LogP contribution in [-0.2, 0) is 0 Å². The number of benzene rings is 3. The highest BCUT2D eigenvalue weighted by Crippen LogP contribution is 2.35. The Bertz CT molecular complexity index is 1160. The van der Waals surface area contributed by atoms with Crippen LogP contribution < -0.4 is 9.47 Å². The van der Waals surface area contributed by atoms with Crippen LogP contribution in [0.15, 0.2) is 79.1 Å². The smallest absolute Gasteiger partial charge is 0.159 e. The zero-order valence-electron chi connectivity index (χ0n) is 15.1. The molecule has 0 spiro atoms. The predicted octanol–water partition coefficient (Wildman–Crippen LogP) is 6.68. The first kappa shape index (κ1) is 18.0. The molecule has 4 rings (SSSR count). The van der Waals surface area contributed by atoms with Gasteiger partial charge in [-0.3, -0.25) is 9.78 Å². The third-order valence-corrected chi connectivity index (χ3v) is 4.53. The number of ketones is 1. The van der Waals surface area contributed by atoms with Gasteiger partial charge in [-0.05, 0) is 60.2 Å². The molecule has 0 N–H and O–H groups in total. The minimum atomic E-state index is 0.0445. The van der Waals surface area contributed by atoms with Crippen LogP contribution in [0.3, 0.4) is 0 Å². The van der Waals surface area contributed by atoms with Gasteiger partial charge in [0.25, 0.3) is 0 Å². The number of aromatic nitrogens is 1. The molecule has 0 unspecified atom stereocenters. The van der Waals surface area contributed by atoms with E-state index >= 15 is 0 Å². The molecule has 0 aliphatic rings. The molecule has 0 atom stereocenters. The number of Topliss-reactive ketones (excluding diaryl/α,β-unsaturated/α-hetero) is 1. The molecule has 138 valence electrons. The number of carbonyl (C=O) groups excluding carboxylic acids is 1. The van der Waals surface area contributed by atoms with Crippen molar-refractivity contribution in [2.75, 3.05) is 0 Å². The van der Waals surface area contributed by atoms with Crippen molar-refractivity contribution in [1.29, 1.82) is 0 Å². The summed E-state index contributed by atoms with van der Waals surface area (Å²) in [5, 5.41) is 2.40. The van der Waals surface area contributed by atoms with Gasteiger partial charge in [0.15, 0.2) is 5.78 Å². The van der Waals surface area contributed by atoms with Gasteiger partial charge in [-0.2, -0.15) is 0 Å². The average molecular weight is 390 g/mol. The van der Waals surface area contributed by atoms with E-state index in [0.29, 0.717) is 33.6 Å². The summed E-state index contributed by atoms with van der Waals surface area (Å²) in [6.07, 6.45) is 3.32. The Morgan fingerprint density at radius 3 is 2.21 bits per heavy atom. The highest BCUT2D eigenvalue weighted by atomic mass is 35.5. The number of nitrogens with zero attached hydrogens (tertiary/aromatic N) is 1. The summed E-state index contributed by atoms with van der Waals surface area (Å²) < 4.78 is 11.7. The van der Waals surface area contributed by atoms with Gasteiger partial charge in [0.05, 0.1) is 5.02 Å². The van der Waals surface area contributed by atoms with Gasteiger partial charge in [0, 0.05) is 24.0 Å². The zero-order chi connectivity index (χ0) is 19.5. The molecular formula is C23H16ClNO3. The lowest BCUT2D eigenvalue weighted by molar-refractivity contribution is 0.101. The molecule has 0 saturated carbocycles. The van der Waals surface area contributed by atoms with Gasteiger partial charge >= 0.3 is 0 Å². The first-order valence-corrected chi connectivity index (χ1v) is 9.06. The molecule has 0 bridgehead atoms. The average Bonchev–Trinajstić information content (AvgIpc) is 2.70. The van der Waals surface area contributed by atoms with E-state index in [1.807, 2.05) is 36.4 Å². The van der Waals surface area contributed by atoms with Crippen molar-refractivity contribution in [2.24, 2.45) is 0 Å². The maximum absolute atomic E-state index is 11.5. The van der Waals surface area contributed by atoms with E-state index in [1.54, 1.807) is 49.6 Å². The van der Waals surface area contributed by atoms with Crippen molar-refractivity contribution < 1.29 is 14.3 Å². The van der Waals surface area contributed by atoms with Crippen molar-refractivity contribution in [1.82, 2.24) is 4.98 Å². The lowest BCUT2D eigenvalue weighted by Crippen LogP contribution is -1.91. The van der Waals surface area contributed by atoms with Crippen molar-refractivity contribution in [3.63, 3.8) is 0 Å². The molecule has 28 heavy (non-hydrogen) atoms. The Balaban J connectivity index is 1.55. The minimum Gasteiger partial charge on any atom is -0.457 e. The highest BCUT2D eigenvalue weighted by molar-refractivity contribution is 6.32. The molecule has 0 aliphatic carbocycles. The summed E-state index contributed by atoms with van der Waals surface area (Å²) in [5.41, 5.74) is 0.689. The zero-order valence-corrected chi connectivity index (χ0v) is 15.8. The van der Waals surface area contributed by atoms with E-state index in [-0.39, 0.29) is 5.78 Å². The van der Waals surface area contributed by atoms with Crippen molar-refractivity contribution >= 4 is 28.2 Å². The molecule has 1 aromatic heterocycles. The first-order chi connectivity index (χ1) is 13.6. The summed E-state index contributed by atoms with van der Waals surface area (Å²) >= 11 is 6.36. The monoisotopic (exact) mass is 389 g/mol. The Morgan fingerprint density at radius 1 is 0.786 bits per heavy atom. The summed E-state index contributed by atoms with van der Waals surface area (Å²) in [6, 6.07) is 20.1. The number of ether oxygens (including phenoxy) is 2. The number of halogens is 1. The number of hydrogen-bond donors (Lipinski definition) is 0. The molecule has 4 nitrogen and oxygen atoms in total. The molecule has 5 heteroatoms. The molecule has 0 amide bonds. The van der Waals surface area contributed by atoms with Crippen LogP contribution in [-0.4, -0.2) is 10.8 Å². The van der Waals surface area contributed by atoms with E-state index in [1.165, 1.54) is 0 Å². The highest BCUT2D eigenvalue weighted by Gasteiger charge is 2.08. The summed E-state index contributed by atoms with van der Waals surface area (Å²) in [5.74, 6) is 2.53. The Morgan fingerprint density at radius 2 is 1.46 bits per heavy atom. The number of fused-ring (bicyclic) bond motifs is 1. The Kier molecular flexibility index (Phi) is 4.96. The van der Waals surface area contributed by atoms with Crippen LogP contribution in [0.25, 0.3) is 10.8 Å². The van der Waals surface area contributed by atoms with E-state index in [0.717, 1.165) is 10.8 Å². The number of rotatable bonds is 5. The second-order valence-electron chi connectivity index (χ2n) is 6.26.